The molecule has 118 valence electrons. The molecule has 0 saturated heterocycles. The van der Waals surface area contributed by atoms with Gasteiger partial charge in [0.05, 0.1) is 5.69 Å². The molecule has 0 radical (unpaired) electrons. The van der Waals surface area contributed by atoms with Gasteiger partial charge >= 0.3 is 0 Å². The second-order valence-electron chi connectivity index (χ2n) is 5.40. The van der Waals surface area contributed by atoms with Crippen molar-refractivity contribution in [2.45, 2.75) is 20.8 Å². The Morgan fingerprint density at radius 1 is 0.957 bits per heavy atom. The van der Waals surface area contributed by atoms with Crippen molar-refractivity contribution in [3.05, 3.63) is 54.1 Å². The number of aromatic nitrogens is 3. The second-order valence-corrected chi connectivity index (χ2v) is 5.40. The van der Waals surface area contributed by atoms with Crippen molar-refractivity contribution in [1.29, 1.82) is 0 Å². The van der Waals surface area contributed by atoms with E-state index in [4.69, 9.17) is 4.99 Å². The van der Waals surface area contributed by atoms with E-state index >= 15 is 0 Å². The van der Waals surface area contributed by atoms with Gasteiger partial charge in [-0.2, -0.15) is 0 Å². The lowest BCUT2D eigenvalue weighted by molar-refractivity contribution is 0.437. The van der Waals surface area contributed by atoms with Gasteiger partial charge in [-0.3, -0.25) is 0 Å². The molecule has 1 aromatic heterocycles. The zero-order valence-corrected chi connectivity index (χ0v) is 13.8. The van der Waals surface area contributed by atoms with Crippen LogP contribution >= 0.6 is 0 Å². The van der Waals surface area contributed by atoms with E-state index in [0.717, 1.165) is 35.8 Å². The van der Waals surface area contributed by atoms with Gasteiger partial charge in [-0.1, -0.05) is 29.8 Å². The average molecular weight is 307 g/mol. The van der Waals surface area contributed by atoms with E-state index in [1.165, 1.54) is 5.56 Å². The first-order valence-corrected chi connectivity index (χ1v) is 7.94. The van der Waals surface area contributed by atoms with Crippen LogP contribution in [0.3, 0.4) is 0 Å². The fourth-order valence-electron chi connectivity index (χ4n) is 2.43. The molecule has 1 heterocycles. The van der Waals surface area contributed by atoms with Gasteiger partial charge in [0.2, 0.25) is 5.96 Å². The summed E-state index contributed by atoms with van der Waals surface area (Å²) in [5.74, 6) is 0.745. The highest BCUT2D eigenvalue weighted by molar-refractivity contribution is 5.86. The first kappa shape index (κ1) is 15.2. The third kappa shape index (κ3) is 3.23. The monoisotopic (exact) mass is 307 g/mol. The Bertz CT molecular complexity index is 780. The molecule has 0 amide bonds. The van der Waals surface area contributed by atoms with E-state index in [9.17, 15) is 0 Å². The Balaban J connectivity index is 2.09. The fourth-order valence-corrected chi connectivity index (χ4v) is 2.43. The van der Waals surface area contributed by atoms with Gasteiger partial charge in [-0.15, -0.1) is 15.0 Å². The van der Waals surface area contributed by atoms with Gasteiger partial charge in [0.1, 0.15) is 11.0 Å². The van der Waals surface area contributed by atoms with Crippen LogP contribution in [-0.2, 0) is 0 Å². The highest BCUT2D eigenvalue weighted by atomic mass is 15.6. The Kier molecular flexibility index (Phi) is 4.37. The summed E-state index contributed by atoms with van der Waals surface area (Å²) in [4.78, 5) is 8.58. The Labute approximate surface area is 136 Å². The molecule has 0 saturated carbocycles. The average Bonchev–Trinajstić information content (AvgIpc) is 3.00. The maximum atomic E-state index is 4.79. The zero-order chi connectivity index (χ0) is 16.2. The van der Waals surface area contributed by atoms with Crippen molar-refractivity contribution in [3.63, 3.8) is 0 Å². The summed E-state index contributed by atoms with van der Waals surface area (Å²) in [6.45, 7) is 7.98. The summed E-state index contributed by atoms with van der Waals surface area (Å²) in [5.41, 5.74) is 3.86. The third-order valence-electron chi connectivity index (χ3n) is 3.77. The molecule has 0 aliphatic rings. The Morgan fingerprint density at radius 3 is 2.04 bits per heavy atom. The van der Waals surface area contributed by atoms with Gasteiger partial charge in [-0.25, -0.2) is 4.99 Å². The van der Waals surface area contributed by atoms with Crippen molar-refractivity contribution in [2.75, 3.05) is 13.1 Å². The number of hydrogen-bond donors (Lipinski definition) is 0. The lowest BCUT2D eigenvalue weighted by atomic mass is 10.2. The van der Waals surface area contributed by atoms with E-state index < -0.39 is 0 Å². The molecule has 3 aromatic rings. The molecule has 0 fully saturated rings. The van der Waals surface area contributed by atoms with Crippen LogP contribution in [0, 0.1) is 6.92 Å². The summed E-state index contributed by atoms with van der Waals surface area (Å²) in [6, 6.07) is 16.0. The van der Waals surface area contributed by atoms with Crippen LogP contribution in [0.4, 0.5) is 5.69 Å². The number of hydrogen-bond acceptors (Lipinski definition) is 3. The first-order chi connectivity index (χ1) is 11.2. The molecular formula is C18H21N5. The Hall–Kier alpha value is -2.69. The number of benzene rings is 2. The standard InChI is InChI=1S/C18H21N5/c1-4-22(5-2)18(19-15-12-10-14(3)11-13-15)23-20-16-8-6-7-9-17(16)21-23/h6-13H,4-5H2,1-3H3. The number of aryl methyl sites for hydroxylation is 1. The molecule has 0 aliphatic carbocycles. The molecule has 5 nitrogen and oxygen atoms in total. The van der Waals surface area contributed by atoms with Gasteiger partial charge in [0.15, 0.2) is 0 Å². The molecule has 23 heavy (non-hydrogen) atoms. The molecular weight excluding hydrogens is 286 g/mol. The number of fused-ring (bicyclic) bond motifs is 1. The van der Waals surface area contributed by atoms with Crippen LogP contribution in [0.1, 0.15) is 19.4 Å². The number of nitrogens with zero attached hydrogens (tertiary/aromatic N) is 5. The van der Waals surface area contributed by atoms with Crippen molar-refractivity contribution in [2.24, 2.45) is 4.99 Å². The van der Waals surface area contributed by atoms with Gasteiger partial charge in [0, 0.05) is 13.1 Å². The number of rotatable bonds is 3. The molecule has 2 aromatic carbocycles. The van der Waals surface area contributed by atoms with Gasteiger partial charge in [-0.05, 0) is 45.0 Å². The SMILES string of the molecule is CCN(CC)C(=Nc1ccc(C)cc1)n1nc2ccccc2n1. The molecule has 3 rings (SSSR count). The van der Waals surface area contributed by atoms with Crippen molar-refractivity contribution in [3.8, 4) is 0 Å². The smallest absolute Gasteiger partial charge is 0.245 e. The minimum absolute atomic E-state index is 0.745. The van der Waals surface area contributed by atoms with E-state index in [1.807, 2.05) is 36.4 Å². The van der Waals surface area contributed by atoms with E-state index in [1.54, 1.807) is 4.80 Å². The van der Waals surface area contributed by atoms with Crippen LogP contribution in [-0.4, -0.2) is 38.9 Å². The second kappa shape index (κ2) is 6.60. The molecule has 0 aliphatic heterocycles. The highest BCUT2D eigenvalue weighted by Gasteiger charge is 2.14. The minimum atomic E-state index is 0.745. The lowest BCUT2D eigenvalue weighted by Gasteiger charge is -2.21. The summed E-state index contributed by atoms with van der Waals surface area (Å²) < 4.78 is 0. The summed E-state index contributed by atoms with van der Waals surface area (Å²) in [5, 5.41) is 9.15. The summed E-state index contributed by atoms with van der Waals surface area (Å²) in [7, 11) is 0. The lowest BCUT2D eigenvalue weighted by Crippen LogP contribution is -2.37. The van der Waals surface area contributed by atoms with Crippen LogP contribution in [0.25, 0.3) is 11.0 Å². The molecule has 0 atom stereocenters. The maximum absolute atomic E-state index is 4.79. The van der Waals surface area contributed by atoms with Crippen molar-refractivity contribution < 1.29 is 0 Å². The van der Waals surface area contributed by atoms with E-state index in [0.29, 0.717) is 0 Å². The number of aliphatic imine (C=N–C) groups is 1. The van der Waals surface area contributed by atoms with E-state index in [2.05, 4.69) is 48.0 Å². The molecule has 0 unspecified atom stereocenters. The van der Waals surface area contributed by atoms with Crippen LogP contribution in [0.15, 0.2) is 53.5 Å². The van der Waals surface area contributed by atoms with Crippen LogP contribution in [0.5, 0.6) is 0 Å². The fraction of sp³-hybridized carbons (Fsp3) is 0.278. The van der Waals surface area contributed by atoms with Crippen LogP contribution in [0.2, 0.25) is 0 Å². The predicted molar refractivity (Wildman–Crippen MR) is 94.1 cm³/mol. The first-order valence-electron chi connectivity index (χ1n) is 7.94. The van der Waals surface area contributed by atoms with E-state index in [-0.39, 0.29) is 0 Å². The van der Waals surface area contributed by atoms with Gasteiger partial charge < -0.3 is 4.90 Å². The quantitative estimate of drug-likeness (QED) is 0.548. The van der Waals surface area contributed by atoms with Crippen LogP contribution < -0.4 is 0 Å². The summed E-state index contributed by atoms with van der Waals surface area (Å²) in [6.07, 6.45) is 0. The Morgan fingerprint density at radius 2 is 1.52 bits per heavy atom. The third-order valence-corrected chi connectivity index (χ3v) is 3.77. The molecule has 0 spiro atoms. The van der Waals surface area contributed by atoms with Crippen molar-refractivity contribution >= 4 is 22.7 Å². The topological polar surface area (TPSA) is 46.3 Å². The van der Waals surface area contributed by atoms with Gasteiger partial charge in [0.25, 0.3) is 0 Å². The molecule has 0 N–H and O–H groups in total. The largest absolute Gasteiger partial charge is 0.340 e. The maximum Gasteiger partial charge on any atom is 0.245 e. The zero-order valence-electron chi connectivity index (χ0n) is 13.8. The summed E-state index contributed by atoms with van der Waals surface area (Å²) >= 11 is 0. The van der Waals surface area contributed by atoms with Crippen molar-refractivity contribution in [1.82, 2.24) is 19.9 Å². The minimum Gasteiger partial charge on any atom is -0.340 e. The normalized spacial score (nSPS) is 11.9. The molecule has 5 heteroatoms. The molecule has 0 bridgehead atoms. The predicted octanol–water partition coefficient (Wildman–Crippen LogP) is 3.62. The highest BCUT2D eigenvalue weighted by Crippen LogP contribution is 2.15.